The molecule has 6 heteroatoms. The Hall–Kier alpha value is -2.34. The molecule has 0 aliphatic carbocycles. The second-order valence-electron chi connectivity index (χ2n) is 6.85. The Bertz CT molecular complexity index is 885. The van der Waals surface area contributed by atoms with Crippen molar-refractivity contribution in [2.75, 3.05) is 0 Å². The summed E-state index contributed by atoms with van der Waals surface area (Å²) in [5.74, 6) is 1.12. The van der Waals surface area contributed by atoms with Crippen LogP contribution in [0.2, 0.25) is 0 Å². The summed E-state index contributed by atoms with van der Waals surface area (Å²) < 4.78 is 5.43. The molecule has 1 atom stereocenters. The molecular formula is C19H21N3O2S. The Morgan fingerprint density at radius 3 is 2.60 bits per heavy atom. The number of fused-ring (bicyclic) bond motifs is 1. The van der Waals surface area contributed by atoms with Gasteiger partial charge in [0.25, 0.3) is 0 Å². The van der Waals surface area contributed by atoms with Gasteiger partial charge in [-0.3, -0.25) is 4.79 Å². The second-order valence-corrected chi connectivity index (χ2v) is 8.18. The molecule has 3 rings (SSSR count). The van der Waals surface area contributed by atoms with Gasteiger partial charge in [0.2, 0.25) is 5.91 Å². The van der Waals surface area contributed by atoms with Gasteiger partial charge in [0.15, 0.2) is 11.6 Å². The minimum atomic E-state index is -0.276. The number of amides is 1. The number of thioether (sulfide) groups is 1. The van der Waals surface area contributed by atoms with Gasteiger partial charge in [0, 0.05) is 10.9 Å². The number of rotatable bonds is 4. The van der Waals surface area contributed by atoms with E-state index in [1.165, 1.54) is 11.8 Å². The molecule has 2 aromatic heterocycles. The standard InChI is InChI=1S/C19H21N3O2S/c1-12(17(23)22-19(2,3)4)25-18-13-8-5-6-9-14(13)20-16(21-18)15-10-7-11-24-15/h5-12H,1-4H3,(H,22,23)/t12-/m1/s1. The Balaban J connectivity index is 1.96. The molecule has 1 aromatic carbocycles. The molecule has 0 aliphatic rings. The van der Waals surface area contributed by atoms with Crippen LogP contribution in [0.1, 0.15) is 27.7 Å². The maximum atomic E-state index is 12.4. The zero-order valence-electron chi connectivity index (χ0n) is 14.7. The molecule has 5 nitrogen and oxygen atoms in total. The highest BCUT2D eigenvalue weighted by Crippen LogP contribution is 2.31. The molecule has 130 valence electrons. The summed E-state index contributed by atoms with van der Waals surface area (Å²) in [6.45, 7) is 7.79. The van der Waals surface area contributed by atoms with Crippen LogP contribution in [0.5, 0.6) is 0 Å². The van der Waals surface area contributed by atoms with E-state index in [9.17, 15) is 4.79 Å². The van der Waals surface area contributed by atoms with Crippen LogP contribution < -0.4 is 5.32 Å². The van der Waals surface area contributed by atoms with Crippen molar-refractivity contribution in [2.45, 2.75) is 43.5 Å². The summed E-state index contributed by atoms with van der Waals surface area (Å²) in [4.78, 5) is 21.6. The number of benzene rings is 1. The van der Waals surface area contributed by atoms with Gasteiger partial charge in [-0.25, -0.2) is 9.97 Å². The van der Waals surface area contributed by atoms with Gasteiger partial charge in [-0.15, -0.1) is 0 Å². The molecule has 0 unspecified atom stereocenters. The highest BCUT2D eigenvalue weighted by molar-refractivity contribution is 8.00. The van der Waals surface area contributed by atoms with Gasteiger partial charge in [0.1, 0.15) is 5.03 Å². The van der Waals surface area contributed by atoms with E-state index in [0.29, 0.717) is 11.6 Å². The van der Waals surface area contributed by atoms with Gasteiger partial charge in [-0.2, -0.15) is 0 Å². The molecular weight excluding hydrogens is 334 g/mol. The average molecular weight is 355 g/mol. The maximum Gasteiger partial charge on any atom is 0.233 e. The van der Waals surface area contributed by atoms with E-state index in [1.807, 2.05) is 58.0 Å². The first-order chi connectivity index (χ1) is 11.8. The normalized spacial score (nSPS) is 13.0. The molecule has 25 heavy (non-hydrogen) atoms. The molecule has 3 aromatic rings. The molecule has 0 bridgehead atoms. The van der Waals surface area contributed by atoms with Gasteiger partial charge in [-0.05, 0) is 45.9 Å². The predicted molar refractivity (Wildman–Crippen MR) is 100 cm³/mol. The van der Waals surface area contributed by atoms with E-state index >= 15 is 0 Å². The molecule has 0 aliphatic heterocycles. The molecule has 0 radical (unpaired) electrons. The van der Waals surface area contributed by atoms with Crippen molar-refractivity contribution in [1.82, 2.24) is 15.3 Å². The van der Waals surface area contributed by atoms with E-state index in [1.54, 1.807) is 12.3 Å². The van der Waals surface area contributed by atoms with E-state index in [4.69, 9.17) is 4.42 Å². The minimum Gasteiger partial charge on any atom is -0.461 e. The smallest absolute Gasteiger partial charge is 0.233 e. The summed E-state index contributed by atoms with van der Waals surface area (Å²) in [7, 11) is 0. The van der Waals surface area contributed by atoms with Crippen molar-refractivity contribution in [1.29, 1.82) is 0 Å². The fourth-order valence-corrected chi connectivity index (χ4v) is 3.29. The predicted octanol–water partition coefficient (Wildman–Crippen LogP) is 4.29. The molecule has 0 saturated carbocycles. The number of para-hydroxylation sites is 1. The van der Waals surface area contributed by atoms with E-state index in [2.05, 4.69) is 15.3 Å². The highest BCUT2D eigenvalue weighted by atomic mass is 32.2. The summed E-state index contributed by atoms with van der Waals surface area (Å²) >= 11 is 1.43. The monoisotopic (exact) mass is 355 g/mol. The second kappa shape index (κ2) is 6.88. The lowest BCUT2D eigenvalue weighted by Gasteiger charge is -2.23. The number of carbonyl (C=O) groups is 1. The van der Waals surface area contributed by atoms with Gasteiger partial charge < -0.3 is 9.73 Å². The number of hydrogen-bond acceptors (Lipinski definition) is 5. The summed E-state index contributed by atoms with van der Waals surface area (Å²) in [5, 5.41) is 4.43. The molecule has 1 N–H and O–H groups in total. The SMILES string of the molecule is C[C@@H](Sc1nc(-c2ccco2)nc2ccccc12)C(=O)NC(C)(C)C. The van der Waals surface area contributed by atoms with Crippen LogP contribution in [0.3, 0.4) is 0 Å². The van der Waals surface area contributed by atoms with Crippen LogP contribution in [-0.4, -0.2) is 26.7 Å². The Kier molecular flexibility index (Phi) is 4.81. The molecule has 0 saturated heterocycles. The number of hydrogen-bond donors (Lipinski definition) is 1. The summed E-state index contributed by atoms with van der Waals surface area (Å²) in [5.41, 5.74) is 0.564. The maximum absolute atomic E-state index is 12.4. The molecule has 0 fully saturated rings. The van der Waals surface area contributed by atoms with Crippen molar-refractivity contribution in [3.8, 4) is 11.6 Å². The first-order valence-corrected chi connectivity index (χ1v) is 9.01. The zero-order valence-corrected chi connectivity index (χ0v) is 15.6. The van der Waals surface area contributed by atoms with Crippen LogP contribution >= 0.6 is 11.8 Å². The van der Waals surface area contributed by atoms with Gasteiger partial charge in [-0.1, -0.05) is 30.0 Å². The summed E-state index contributed by atoms with van der Waals surface area (Å²) in [6, 6.07) is 11.4. The Morgan fingerprint density at radius 2 is 1.92 bits per heavy atom. The van der Waals surface area contributed by atoms with Crippen LogP contribution in [0.25, 0.3) is 22.5 Å². The number of nitrogens with one attached hydrogen (secondary N) is 1. The fraction of sp³-hybridized carbons (Fsp3) is 0.316. The lowest BCUT2D eigenvalue weighted by atomic mass is 10.1. The largest absolute Gasteiger partial charge is 0.461 e. The number of nitrogens with zero attached hydrogens (tertiary/aromatic N) is 2. The van der Waals surface area contributed by atoms with Crippen LogP contribution in [0.15, 0.2) is 52.1 Å². The molecule has 0 spiro atoms. The minimum absolute atomic E-state index is 0.0141. The van der Waals surface area contributed by atoms with Crippen LogP contribution in [0, 0.1) is 0 Å². The summed E-state index contributed by atoms with van der Waals surface area (Å²) in [6.07, 6.45) is 1.60. The average Bonchev–Trinajstić information content (AvgIpc) is 3.07. The van der Waals surface area contributed by atoms with E-state index in [0.717, 1.165) is 15.9 Å². The number of aromatic nitrogens is 2. The molecule has 1 amide bonds. The van der Waals surface area contributed by atoms with Crippen molar-refractivity contribution in [2.24, 2.45) is 0 Å². The Labute approximate surface area is 151 Å². The van der Waals surface area contributed by atoms with Crippen molar-refractivity contribution >= 4 is 28.6 Å². The highest BCUT2D eigenvalue weighted by Gasteiger charge is 2.22. The third-order valence-corrected chi connectivity index (χ3v) is 4.57. The van der Waals surface area contributed by atoms with Crippen LogP contribution in [0.4, 0.5) is 0 Å². The topological polar surface area (TPSA) is 68.0 Å². The zero-order chi connectivity index (χ0) is 18.0. The van der Waals surface area contributed by atoms with Crippen molar-refractivity contribution in [3.63, 3.8) is 0 Å². The number of furan rings is 1. The van der Waals surface area contributed by atoms with Crippen LogP contribution in [-0.2, 0) is 4.79 Å². The first-order valence-electron chi connectivity index (χ1n) is 8.13. The molecule has 2 heterocycles. The first kappa shape index (κ1) is 17.5. The fourth-order valence-electron chi connectivity index (χ4n) is 2.35. The van der Waals surface area contributed by atoms with Crippen molar-refractivity contribution in [3.05, 3.63) is 42.7 Å². The quantitative estimate of drug-likeness (QED) is 0.559. The Morgan fingerprint density at radius 1 is 1.16 bits per heavy atom. The lowest BCUT2D eigenvalue weighted by molar-refractivity contribution is -0.121. The lowest BCUT2D eigenvalue weighted by Crippen LogP contribution is -2.44. The third-order valence-electron chi connectivity index (χ3n) is 3.47. The van der Waals surface area contributed by atoms with Crippen molar-refractivity contribution < 1.29 is 9.21 Å². The van der Waals surface area contributed by atoms with Gasteiger partial charge in [0.05, 0.1) is 17.0 Å². The van der Waals surface area contributed by atoms with Gasteiger partial charge >= 0.3 is 0 Å². The number of carbonyl (C=O) groups excluding carboxylic acids is 1. The van der Waals surface area contributed by atoms with E-state index < -0.39 is 0 Å². The third kappa shape index (κ3) is 4.20. The van der Waals surface area contributed by atoms with E-state index in [-0.39, 0.29) is 16.7 Å².